The minimum absolute atomic E-state index is 0.444. The summed E-state index contributed by atoms with van der Waals surface area (Å²) in [4.78, 5) is 5.37. The van der Waals surface area contributed by atoms with Crippen molar-refractivity contribution in [3.8, 4) is 0 Å². The summed E-state index contributed by atoms with van der Waals surface area (Å²) in [6.07, 6.45) is 0. The van der Waals surface area contributed by atoms with Crippen molar-refractivity contribution in [3.63, 3.8) is 0 Å². The van der Waals surface area contributed by atoms with Crippen LogP contribution in [0, 0.1) is 6.92 Å². The first-order chi connectivity index (χ1) is 9.25. The summed E-state index contributed by atoms with van der Waals surface area (Å²) in [5.41, 5.74) is 2.78. The number of thiophene rings is 1. The van der Waals surface area contributed by atoms with E-state index in [1.165, 1.54) is 21.0 Å². The molecule has 1 aliphatic rings. The van der Waals surface area contributed by atoms with Crippen LogP contribution in [0.3, 0.4) is 0 Å². The second-order valence-corrected chi connectivity index (χ2v) is 6.44. The molecule has 2 nitrogen and oxygen atoms in total. The third kappa shape index (κ3) is 2.53. The fourth-order valence-electron chi connectivity index (χ4n) is 2.72. The van der Waals surface area contributed by atoms with E-state index < -0.39 is 0 Å². The smallest absolute Gasteiger partial charge is 0.0607 e. The topological polar surface area (TPSA) is 15.3 Å². The highest BCUT2D eigenvalue weighted by atomic mass is 32.1. The second-order valence-electron chi connectivity index (χ2n) is 5.12. The Morgan fingerprint density at radius 1 is 1.21 bits per heavy atom. The van der Waals surface area contributed by atoms with Gasteiger partial charge in [0, 0.05) is 35.1 Å². The van der Waals surface area contributed by atoms with E-state index in [9.17, 15) is 0 Å². The number of hydrogen-bond acceptors (Lipinski definition) is 3. The maximum atomic E-state index is 3.51. The number of benzene rings is 1. The van der Waals surface area contributed by atoms with Gasteiger partial charge in [0.15, 0.2) is 0 Å². The molecular weight excluding hydrogens is 252 g/mol. The monoisotopic (exact) mass is 272 g/mol. The van der Waals surface area contributed by atoms with Gasteiger partial charge in [-0.25, -0.2) is 0 Å². The summed E-state index contributed by atoms with van der Waals surface area (Å²) < 4.78 is 0. The zero-order chi connectivity index (χ0) is 13.2. The molecule has 0 bridgehead atoms. The standard InChI is InChI=1S/C16H20N2S/c1-12-7-8-16(19-12)13(2)18-10-9-17-11-14-5-3-4-6-15(14)18/h3-8,13,17H,9-11H2,1-2H3. The van der Waals surface area contributed by atoms with Crippen molar-refractivity contribution in [1.82, 2.24) is 5.32 Å². The number of anilines is 1. The average Bonchev–Trinajstić information content (AvgIpc) is 2.74. The van der Waals surface area contributed by atoms with Crippen molar-refractivity contribution >= 4 is 17.0 Å². The second kappa shape index (κ2) is 5.35. The van der Waals surface area contributed by atoms with Crippen LogP contribution >= 0.6 is 11.3 Å². The lowest BCUT2D eigenvalue weighted by atomic mass is 10.1. The van der Waals surface area contributed by atoms with E-state index >= 15 is 0 Å². The SMILES string of the molecule is Cc1ccc(C(C)N2CCNCc3ccccc32)s1. The van der Waals surface area contributed by atoms with Gasteiger partial charge in [0.2, 0.25) is 0 Å². The summed E-state index contributed by atoms with van der Waals surface area (Å²) in [6.45, 7) is 7.58. The van der Waals surface area contributed by atoms with Gasteiger partial charge in [0.25, 0.3) is 0 Å². The minimum Gasteiger partial charge on any atom is -0.362 e. The first-order valence-corrected chi connectivity index (χ1v) is 7.69. The van der Waals surface area contributed by atoms with E-state index in [4.69, 9.17) is 0 Å². The van der Waals surface area contributed by atoms with Gasteiger partial charge in [-0.2, -0.15) is 0 Å². The zero-order valence-electron chi connectivity index (χ0n) is 11.5. The molecule has 0 aliphatic carbocycles. The molecule has 0 amide bonds. The predicted octanol–water partition coefficient (Wildman–Crippen LogP) is 3.73. The molecule has 1 N–H and O–H groups in total. The maximum absolute atomic E-state index is 3.51. The third-order valence-corrected chi connectivity index (χ3v) is 4.96. The molecule has 0 spiro atoms. The molecule has 1 aliphatic heterocycles. The number of fused-ring (bicyclic) bond motifs is 1. The van der Waals surface area contributed by atoms with Crippen LogP contribution in [0.15, 0.2) is 36.4 Å². The number of hydrogen-bond donors (Lipinski definition) is 1. The highest BCUT2D eigenvalue weighted by Gasteiger charge is 2.21. The summed E-state index contributed by atoms with van der Waals surface area (Å²) in [5.74, 6) is 0. The van der Waals surface area contributed by atoms with Gasteiger partial charge in [-0.3, -0.25) is 0 Å². The van der Waals surface area contributed by atoms with Crippen LogP contribution in [-0.2, 0) is 6.54 Å². The first kappa shape index (κ1) is 12.7. The average molecular weight is 272 g/mol. The first-order valence-electron chi connectivity index (χ1n) is 6.87. The number of rotatable bonds is 2. The molecule has 0 fully saturated rings. The fourth-order valence-corrected chi connectivity index (χ4v) is 3.66. The van der Waals surface area contributed by atoms with Crippen LogP contribution in [0.4, 0.5) is 5.69 Å². The Kier molecular flexibility index (Phi) is 3.58. The quantitative estimate of drug-likeness (QED) is 0.896. The minimum atomic E-state index is 0.444. The fraction of sp³-hybridized carbons (Fsp3) is 0.375. The molecule has 3 rings (SSSR count). The van der Waals surface area contributed by atoms with E-state index in [-0.39, 0.29) is 0 Å². The highest BCUT2D eigenvalue weighted by molar-refractivity contribution is 7.12. The predicted molar refractivity (Wildman–Crippen MR) is 83.0 cm³/mol. The summed E-state index contributed by atoms with van der Waals surface area (Å²) in [7, 11) is 0. The Morgan fingerprint density at radius 2 is 2.05 bits per heavy atom. The van der Waals surface area contributed by atoms with Crippen molar-refractivity contribution in [1.29, 1.82) is 0 Å². The zero-order valence-corrected chi connectivity index (χ0v) is 12.3. The Labute approximate surface area is 119 Å². The Bertz CT molecular complexity index is 561. The van der Waals surface area contributed by atoms with Crippen LogP contribution < -0.4 is 10.2 Å². The van der Waals surface area contributed by atoms with Crippen molar-refractivity contribution in [2.24, 2.45) is 0 Å². The molecule has 0 saturated carbocycles. The molecular formula is C16H20N2S. The molecule has 19 heavy (non-hydrogen) atoms. The molecule has 2 aromatic rings. The molecule has 100 valence electrons. The summed E-state index contributed by atoms with van der Waals surface area (Å²) >= 11 is 1.91. The summed E-state index contributed by atoms with van der Waals surface area (Å²) in [6, 6.07) is 13.7. The van der Waals surface area contributed by atoms with Crippen LogP contribution in [0.5, 0.6) is 0 Å². The van der Waals surface area contributed by atoms with E-state index in [0.717, 1.165) is 19.6 Å². The number of para-hydroxylation sites is 1. The third-order valence-electron chi connectivity index (χ3n) is 3.79. The number of nitrogens with one attached hydrogen (secondary N) is 1. The molecule has 1 aromatic heterocycles. The van der Waals surface area contributed by atoms with E-state index in [1.54, 1.807) is 0 Å². The van der Waals surface area contributed by atoms with Gasteiger partial charge in [0.05, 0.1) is 6.04 Å². The van der Waals surface area contributed by atoms with Crippen LogP contribution in [0.2, 0.25) is 0 Å². The van der Waals surface area contributed by atoms with Crippen LogP contribution in [0.25, 0.3) is 0 Å². The largest absolute Gasteiger partial charge is 0.362 e. The van der Waals surface area contributed by atoms with Crippen molar-refractivity contribution < 1.29 is 0 Å². The maximum Gasteiger partial charge on any atom is 0.0607 e. The Balaban J connectivity index is 1.95. The van der Waals surface area contributed by atoms with Gasteiger partial charge in [-0.1, -0.05) is 18.2 Å². The van der Waals surface area contributed by atoms with Gasteiger partial charge >= 0.3 is 0 Å². The van der Waals surface area contributed by atoms with E-state index in [2.05, 4.69) is 60.5 Å². The Morgan fingerprint density at radius 3 is 2.84 bits per heavy atom. The normalized spacial score (nSPS) is 16.8. The summed E-state index contributed by atoms with van der Waals surface area (Å²) in [5, 5.41) is 3.51. The molecule has 2 heterocycles. The molecule has 3 heteroatoms. The molecule has 0 radical (unpaired) electrons. The van der Waals surface area contributed by atoms with Gasteiger partial charge in [0.1, 0.15) is 0 Å². The van der Waals surface area contributed by atoms with Crippen LogP contribution in [-0.4, -0.2) is 13.1 Å². The lowest BCUT2D eigenvalue weighted by molar-refractivity contribution is 0.644. The molecule has 1 atom stereocenters. The van der Waals surface area contributed by atoms with Gasteiger partial charge in [-0.15, -0.1) is 11.3 Å². The van der Waals surface area contributed by atoms with Crippen molar-refractivity contribution in [2.45, 2.75) is 26.4 Å². The lowest BCUT2D eigenvalue weighted by Gasteiger charge is -2.30. The highest BCUT2D eigenvalue weighted by Crippen LogP contribution is 2.33. The van der Waals surface area contributed by atoms with Crippen molar-refractivity contribution in [3.05, 3.63) is 51.7 Å². The van der Waals surface area contributed by atoms with Gasteiger partial charge in [-0.05, 0) is 37.6 Å². The molecule has 1 unspecified atom stereocenters. The van der Waals surface area contributed by atoms with E-state index in [0.29, 0.717) is 6.04 Å². The van der Waals surface area contributed by atoms with Crippen molar-refractivity contribution in [2.75, 3.05) is 18.0 Å². The Hall–Kier alpha value is -1.32. The number of nitrogens with zero attached hydrogens (tertiary/aromatic N) is 1. The van der Waals surface area contributed by atoms with E-state index in [1.807, 2.05) is 11.3 Å². The van der Waals surface area contributed by atoms with Crippen LogP contribution in [0.1, 0.15) is 28.3 Å². The lowest BCUT2D eigenvalue weighted by Crippen LogP contribution is -2.30. The number of aryl methyl sites for hydroxylation is 1. The molecule has 0 saturated heterocycles. The molecule has 1 aromatic carbocycles. The van der Waals surface area contributed by atoms with Gasteiger partial charge < -0.3 is 10.2 Å².